The summed E-state index contributed by atoms with van der Waals surface area (Å²) in [7, 11) is -4.46. The highest BCUT2D eigenvalue weighted by molar-refractivity contribution is 8.26. The quantitative estimate of drug-likeness (QED) is 0.0747. The molecule has 1 saturated heterocycles. The van der Waals surface area contributed by atoms with E-state index in [1.807, 2.05) is 60.7 Å². The molecule has 47 heavy (non-hydrogen) atoms. The first kappa shape index (κ1) is 32.1. The van der Waals surface area contributed by atoms with Crippen LogP contribution in [0.3, 0.4) is 0 Å². The highest BCUT2D eigenvalue weighted by atomic mass is 35.5. The second-order valence-corrected chi connectivity index (χ2v) is 14.3. The van der Waals surface area contributed by atoms with E-state index in [1.54, 1.807) is 24.4 Å². The van der Waals surface area contributed by atoms with Crippen molar-refractivity contribution >= 4 is 84.4 Å². The molecule has 0 saturated carbocycles. The number of non-ortho nitro benzene ring substituents is 1. The molecule has 1 atom stereocenters. The number of carbonyl (C=O) groups is 2. The Hall–Kier alpha value is -4.82. The first-order chi connectivity index (χ1) is 22.5. The maximum absolute atomic E-state index is 13.9. The molecule has 0 radical (unpaired) electrons. The Kier molecular flexibility index (Phi) is 8.97. The van der Waals surface area contributed by atoms with E-state index in [1.165, 1.54) is 0 Å². The number of thioether (sulfide) groups is 1. The lowest BCUT2D eigenvalue weighted by atomic mass is 10.0. The highest BCUT2D eigenvalue weighted by Crippen LogP contribution is 2.36. The molecule has 0 unspecified atom stereocenters. The van der Waals surface area contributed by atoms with Crippen molar-refractivity contribution in [1.29, 1.82) is 0 Å². The lowest BCUT2D eigenvalue weighted by molar-refractivity contribution is -0.384. The maximum atomic E-state index is 13.9. The summed E-state index contributed by atoms with van der Waals surface area (Å²) >= 11 is 12.6. The Labute approximate surface area is 283 Å². The van der Waals surface area contributed by atoms with Crippen LogP contribution in [0, 0.1) is 10.1 Å². The van der Waals surface area contributed by atoms with E-state index in [-0.39, 0.29) is 26.2 Å². The summed E-state index contributed by atoms with van der Waals surface area (Å²) < 4.78 is 28.6. The van der Waals surface area contributed by atoms with Crippen LogP contribution in [0.1, 0.15) is 11.1 Å². The lowest BCUT2D eigenvalue weighted by Crippen LogP contribution is -2.51. The summed E-state index contributed by atoms with van der Waals surface area (Å²) in [6.45, 7) is 0. The van der Waals surface area contributed by atoms with E-state index in [9.17, 15) is 28.1 Å². The first-order valence-electron chi connectivity index (χ1n) is 14.0. The summed E-state index contributed by atoms with van der Waals surface area (Å²) in [6.07, 6.45) is 3.31. The zero-order valence-electron chi connectivity index (χ0n) is 24.1. The second kappa shape index (κ2) is 13.1. The molecular formula is C33H23ClN4O6S3. The van der Waals surface area contributed by atoms with E-state index in [2.05, 4.69) is 9.71 Å². The monoisotopic (exact) mass is 702 g/mol. The van der Waals surface area contributed by atoms with Crippen LogP contribution in [0.2, 0.25) is 5.02 Å². The van der Waals surface area contributed by atoms with Gasteiger partial charge < -0.3 is 4.98 Å². The van der Waals surface area contributed by atoms with E-state index >= 15 is 0 Å². The van der Waals surface area contributed by atoms with Gasteiger partial charge in [0.2, 0.25) is 0 Å². The van der Waals surface area contributed by atoms with E-state index in [4.69, 9.17) is 23.8 Å². The van der Waals surface area contributed by atoms with Crippen LogP contribution in [-0.2, 0) is 26.0 Å². The van der Waals surface area contributed by atoms with Gasteiger partial charge in [0.15, 0.2) is 0 Å². The van der Waals surface area contributed by atoms with Crippen LogP contribution in [0.5, 0.6) is 0 Å². The maximum Gasteiger partial charge on any atom is 0.269 e. The number of sulfonamides is 1. The number of nitro groups is 1. The average molecular weight is 703 g/mol. The van der Waals surface area contributed by atoms with Crippen molar-refractivity contribution in [2.75, 3.05) is 0 Å². The Bertz CT molecular complexity index is 2180. The number of para-hydroxylation sites is 1. The van der Waals surface area contributed by atoms with Crippen LogP contribution in [0.15, 0.2) is 113 Å². The van der Waals surface area contributed by atoms with Crippen molar-refractivity contribution < 1.29 is 22.9 Å². The van der Waals surface area contributed by atoms with Gasteiger partial charge in [0.05, 0.1) is 14.7 Å². The first-order valence-corrected chi connectivity index (χ1v) is 17.1. The number of benzene rings is 4. The van der Waals surface area contributed by atoms with Crippen molar-refractivity contribution in [2.45, 2.75) is 17.4 Å². The third-order valence-electron chi connectivity index (χ3n) is 7.50. The fourth-order valence-electron chi connectivity index (χ4n) is 5.13. The average Bonchev–Trinajstić information content (AvgIpc) is 3.59. The van der Waals surface area contributed by atoms with E-state index in [0.29, 0.717) is 10.6 Å². The molecule has 2 N–H and O–H groups in total. The summed E-state index contributed by atoms with van der Waals surface area (Å²) in [5, 5.41) is 12.5. The fourth-order valence-corrected chi connectivity index (χ4v) is 7.63. The number of H-pyrrole nitrogens is 1. The predicted molar refractivity (Wildman–Crippen MR) is 186 cm³/mol. The van der Waals surface area contributed by atoms with Crippen molar-refractivity contribution in [3.63, 3.8) is 0 Å². The van der Waals surface area contributed by atoms with Gasteiger partial charge in [-0.05, 0) is 58.7 Å². The van der Waals surface area contributed by atoms with E-state index < -0.39 is 32.8 Å². The Morgan fingerprint density at radius 3 is 2.30 bits per heavy atom. The van der Waals surface area contributed by atoms with Gasteiger partial charge in [-0.1, -0.05) is 90.2 Å². The molecule has 4 aromatic carbocycles. The zero-order valence-corrected chi connectivity index (χ0v) is 27.3. The summed E-state index contributed by atoms with van der Waals surface area (Å²) in [4.78, 5) is 42.2. The molecule has 1 fully saturated rings. The topological polar surface area (TPSA) is 142 Å². The number of aromatic amines is 1. The number of nitrogens with one attached hydrogen (secondary N) is 2. The van der Waals surface area contributed by atoms with Crippen LogP contribution >= 0.6 is 35.6 Å². The van der Waals surface area contributed by atoms with Gasteiger partial charge in [0.25, 0.3) is 27.5 Å². The third-order valence-corrected chi connectivity index (χ3v) is 10.4. The minimum atomic E-state index is -4.46. The van der Waals surface area contributed by atoms with Gasteiger partial charge in [0, 0.05) is 40.7 Å². The van der Waals surface area contributed by atoms with Crippen molar-refractivity contribution in [3.8, 4) is 11.1 Å². The molecule has 236 valence electrons. The number of aromatic nitrogens is 1. The number of halogens is 1. The fraction of sp³-hybridized carbons (Fsp3) is 0.0606. The molecular weight excluding hydrogens is 680 g/mol. The second-order valence-electron chi connectivity index (χ2n) is 10.5. The SMILES string of the molecule is O=C(NS(=O)(=O)c1ccc([N+](=O)[O-])cc1)[C@H](Cc1c[nH]c2ccccc12)N1C(=O)/C(=C/c2ccc(-c3ccc(Cl)cc3)cc2)SC1=S. The molecule has 2 amide bonds. The third kappa shape index (κ3) is 6.83. The van der Waals surface area contributed by atoms with Gasteiger partial charge >= 0.3 is 0 Å². The van der Waals surface area contributed by atoms with Crippen molar-refractivity contribution in [2.24, 2.45) is 0 Å². The predicted octanol–water partition coefficient (Wildman–Crippen LogP) is 6.71. The highest BCUT2D eigenvalue weighted by Gasteiger charge is 2.42. The molecule has 1 aromatic heterocycles. The molecule has 1 aliphatic heterocycles. The van der Waals surface area contributed by atoms with Crippen LogP contribution in [-0.4, -0.2) is 45.4 Å². The number of amides is 2. The molecule has 6 rings (SSSR count). The molecule has 0 bridgehead atoms. The number of rotatable bonds is 9. The summed E-state index contributed by atoms with van der Waals surface area (Å²) in [6, 6.07) is 25.1. The van der Waals surface area contributed by atoms with Crippen molar-refractivity contribution in [1.82, 2.24) is 14.6 Å². The summed E-state index contributed by atoms with van der Waals surface area (Å²) in [5.41, 5.74) is 3.81. The number of nitro benzene ring substituents is 1. The molecule has 5 aromatic rings. The number of fused-ring (bicyclic) bond motifs is 1. The summed E-state index contributed by atoms with van der Waals surface area (Å²) in [5.74, 6) is -1.53. The molecule has 10 nitrogen and oxygen atoms in total. The minimum Gasteiger partial charge on any atom is -0.361 e. The van der Waals surface area contributed by atoms with E-state index in [0.717, 1.165) is 68.5 Å². The Morgan fingerprint density at radius 2 is 1.64 bits per heavy atom. The van der Waals surface area contributed by atoms with Gasteiger partial charge in [-0.3, -0.25) is 24.6 Å². The molecule has 0 aliphatic carbocycles. The number of hydrogen-bond acceptors (Lipinski definition) is 8. The van der Waals surface area contributed by atoms with Gasteiger partial charge in [-0.25, -0.2) is 13.1 Å². The number of thiocarbonyl (C=S) groups is 1. The van der Waals surface area contributed by atoms with Gasteiger partial charge in [-0.15, -0.1) is 0 Å². The molecule has 0 spiro atoms. The number of carbonyl (C=O) groups excluding carboxylic acids is 2. The van der Waals surface area contributed by atoms with Crippen LogP contribution in [0.25, 0.3) is 28.1 Å². The van der Waals surface area contributed by atoms with Crippen LogP contribution in [0.4, 0.5) is 5.69 Å². The Morgan fingerprint density at radius 1 is 1.00 bits per heavy atom. The number of hydrogen-bond donors (Lipinski definition) is 2. The van der Waals surface area contributed by atoms with Crippen molar-refractivity contribution in [3.05, 3.63) is 134 Å². The smallest absolute Gasteiger partial charge is 0.269 e. The van der Waals surface area contributed by atoms with Gasteiger partial charge in [-0.2, -0.15) is 0 Å². The largest absolute Gasteiger partial charge is 0.361 e. The van der Waals surface area contributed by atoms with Gasteiger partial charge in [0.1, 0.15) is 10.4 Å². The molecule has 1 aliphatic rings. The molecule has 14 heteroatoms. The molecule has 2 heterocycles. The lowest BCUT2D eigenvalue weighted by Gasteiger charge is -2.26. The minimum absolute atomic E-state index is 0.0544. The van der Waals surface area contributed by atoms with Crippen LogP contribution < -0.4 is 4.72 Å². The standard InChI is InChI=1S/C33H23ClN4O6S3/c34-24-11-9-22(10-12-24)21-7-5-20(6-8-21)17-30-32(40)37(33(45)46-30)29(18-23-19-35-28-4-2-1-3-27(23)28)31(39)36-47(43,44)26-15-13-25(14-16-26)38(41)42/h1-17,19,29,35H,18H2,(H,36,39)/b30-17-/t29-/m0/s1. The normalized spacial score (nSPS) is 14.9. The number of nitrogens with zero attached hydrogens (tertiary/aromatic N) is 2. The Balaban J connectivity index is 1.30. The zero-order chi connectivity index (χ0) is 33.3.